The molecule has 45 heavy (non-hydrogen) atoms. The number of phenols is 1. The van der Waals surface area contributed by atoms with Crippen molar-refractivity contribution >= 4 is 41.5 Å². The number of hydrogen-bond acceptors (Lipinski definition) is 9. The first kappa shape index (κ1) is 36.9. The Morgan fingerprint density at radius 2 is 1.31 bits per heavy atom. The molecule has 0 bridgehead atoms. The lowest BCUT2D eigenvalue weighted by Crippen LogP contribution is -2.58. The van der Waals surface area contributed by atoms with Crippen molar-refractivity contribution in [1.29, 1.82) is 0 Å². The van der Waals surface area contributed by atoms with E-state index >= 15 is 0 Å². The zero-order valence-electron chi connectivity index (χ0n) is 26.5. The third kappa shape index (κ3) is 13.5. The Morgan fingerprint density at radius 1 is 0.778 bits per heavy atom. The maximum Gasteiger partial charge on any atom is 0.408 e. The largest absolute Gasteiger partial charge is 0.508 e. The van der Waals surface area contributed by atoms with Gasteiger partial charge in [-0.15, -0.1) is 0 Å². The number of phenolic OH excluding ortho intramolecular Hbond substituents is 1. The maximum absolute atomic E-state index is 13.4. The van der Waals surface area contributed by atoms with Crippen LogP contribution in [0.5, 0.6) is 5.75 Å². The van der Waals surface area contributed by atoms with Gasteiger partial charge in [0.05, 0.1) is 7.11 Å². The van der Waals surface area contributed by atoms with E-state index in [4.69, 9.17) is 9.47 Å². The van der Waals surface area contributed by atoms with Gasteiger partial charge in [-0.3, -0.25) is 14.4 Å². The van der Waals surface area contributed by atoms with Gasteiger partial charge >= 0.3 is 12.1 Å². The van der Waals surface area contributed by atoms with Crippen molar-refractivity contribution in [3.8, 4) is 5.75 Å². The zero-order chi connectivity index (χ0) is 33.6. The standard InChI is InChI=1S/C32H44N4O8S/c1-20(33-28(39)26(36-31(42)44-32(2,3)4)19-22-12-14-23(37)15-13-22)27(38)35-25(18-21-10-8-7-9-11-21)29(40)34-24(16-17-45-6)30(41)43-5/h7-15,20,24-26,37H,16-19H2,1-6H3,(H,33,39)(H,34,40)(H,35,38)(H,36,42)/t20-,24+,25+,26+/m1/s1. The Morgan fingerprint density at radius 3 is 1.87 bits per heavy atom. The molecular weight excluding hydrogens is 600 g/mol. The molecule has 0 aliphatic heterocycles. The van der Waals surface area contributed by atoms with Gasteiger partial charge in [0.1, 0.15) is 35.5 Å². The quantitative estimate of drug-likeness (QED) is 0.183. The summed E-state index contributed by atoms with van der Waals surface area (Å²) in [6.07, 6.45) is 1.57. The Kier molecular flexibility index (Phi) is 14.7. The summed E-state index contributed by atoms with van der Waals surface area (Å²) in [5.41, 5.74) is 0.596. The Balaban J connectivity index is 2.20. The van der Waals surface area contributed by atoms with E-state index < -0.39 is 59.6 Å². The number of carbonyl (C=O) groups is 5. The number of esters is 1. The van der Waals surface area contributed by atoms with Crippen molar-refractivity contribution in [1.82, 2.24) is 21.3 Å². The second-order valence-corrected chi connectivity index (χ2v) is 12.4. The number of aromatic hydroxyl groups is 1. The number of ether oxygens (including phenoxy) is 2. The molecule has 0 saturated carbocycles. The van der Waals surface area contributed by atoms with Crippen molar-refractivity contribution in [2.75, 3.05) is 19.1 Å². The smallest absolute Gasteiger partial charge is 0.408 e. The van der Waals surface area contributed by atoms with Crippen molar-refractivity contribution in [3.05, 3.63) is 65.7 Å². The number of methoxy groups -OCH3 is 1. The summed E-state index contributed by atoms with van der Waals surface area (Å²) in [7, 11) is 1.24. The molecule has 0 radical (unpaired) electrons. The van der Waals surface area contributed by atoms with Gasteiger partial charge in [0.2, 0.25) is 17.7 Å². The van der Waals surface area contributed by atoms with Gasteiger partial charge in [-0.25, -0.2) is 9.59 Å². The molecule has 5 N–H and O–H groups in total. The topological polar surface area (TPSA) is 172 Å². The number of hydrogen-bond donors (Lipinski definition) is 5. The number of thioether (sulfide) groups is 1. The predicted molar refractivity (Wildman–Crippen MR) is 172 cm³/mol. The fraction of sp³-hybridized carbons (Fsp3) is 0.469. The fourth-order valence-electron chi connectivity index (χ4n) is 4.16. The molecular formula is C32H44N4O8S. The molecule has 246 valence electrons. The molecule has 4 atom stereocenters. The van der Waals surface area contributed by atoms with Crippen LogP contribution >= 0.6 is 11.8 Å². The highest BCUT2D eigenvalue weighted by Crippen LogP contribution is 2.13. The first-order valence-electron chi connectivity index (χ1n) is 14.5. The van der Waals surface area contributed by atoms with Crippen molar-refractivity contribution in [2.24, 2.45) is 0 Å². The third-order valence-electron chi connectivity index (χ3n) is 6.46. The highest BCUT2D eigenvalue weighted by atomic mass is 32.2. The number of benzene rings is 2. The van der Waals surface area contributed by atoms with E-state index in [1.54, 1.807) is 57.2 Å². The van der Waals surface area contributed by atoms with Gasteiger partial charge in [-0.1, -0.05) is 42.5 Å². The van der Waals surface area contributed by atoms with Gasteiger partial charge in [-0.05, 0) is 69.4 Å². The molecule has 13 heteroatoms. The minimum Gasteiger partial charge on any atom is -0.508 e. The summed E-state index contributed by atoms with van der Waals surface area (Å²) >= 11 is 1.51. The molecule has 0 heterocycles. The molecule has 2 aromatic carbocycles. The van der Waals surface area contributed by atoms with Gasteiger partial charge in [-0.2, -0.15) is 11.8 Å². The van der Waals surface area contributed by atoms with Crippen LogP contribution in [0, 0.1) is 0 Å². The van der Waals surface area contributed by atoms with E-state index in [0.29, 0.717) is 17.7 Å². The van der Waals surface area contributed by atoms with E-state index in [-0.39, 0.29) is 18.6 Å². The van der Waals surface area contributed by atoms with Crippen LogP contribution in [-0.4, -0.2) is 83.8 Å². The number of carbonyl (C=O) groups excluding carboxylic acids is 5. The monoisotopic (exact) mass is 644 g/mol. The zero-order valence-corrected chi connectivity index (χ0v) is 27.4. The van der Waals surface area contributed by atoms with Crippen LogP contribution in [0.1, 0.15) is 45.2 Å². The highest BCUT2D eigenvalue weighted by Gasteiger charge is 2.31. The molecule has 0 aromatic heterocycles. The molecule has 12 nitrogen and oxygen atoms in total. The number of nitrogens with one attached hydrogen (secondary N) is 4. The van der Waals surface area contributed by atoms with Crippen LogP contribution in [-0.2, 0) is 41.5 Å². The first-order valence-corrected chi connectivity index (χ1v) is 15.9. The van der Waals surface area contributed by atoms with E-state index in [9.17, 15) is 29.1 Å². The second-order valence-electron chi connectivity index (χ2n) is 11.4. The molecule has 0 aliphatic carbocycles. The normalized spacial score (nSPS) is 13.7. The third-order valence-corrected chi connectivity index (χ3v) is 7.11. The van der Waals surface area contributed by atoms with E-state index in [1.807, 2.05) is 12.3 Å². The lowest BCUT2D eigenvalue weighted by Gasteiger charge is -2.26. The van der Waals surface area contributed by atoms with Crippen LogP contribution in [0.15, 0.2) is 54.6 Å². The predicted octanol–water partition coefficient (Wildman–Crippen LogP) is 2.47. The molecule has 4 amide bonds. The molecule has 0 spiro atoms. The molecule has 0 unspecified atom stereocenters. The average Bonchev–Trinajstić information content (AvgIpc) is 2.98. The average molecular weight is 645 g/mol. The Labute approximate surface area is 268 Å². The highest BCUT2D eigenvalue weighted by molar-refractivity contribution is 7.98. The summed E-state index contributed by atoms with van der Waals surface area (Å²) < 4.78 is 10.2. The summed E-state index contributed by atoms with van der Waals surface area (Å²) in [6, 6.07) is 11.0. The maximum atomic E-state index is 13.4. The van der Waals surface area contributed by atoms with Crippen LogP contribution in [0.3, 0.4) is 0 Å². The van der Waals surface area contributed by atoms with Crippen molar-refractivity contribution in [2.45, 2.75) is 76.7 Å². The summed E-state index contributed by atoms with van der Waals surface area (Å²) in [4.78, 5) is 64.9. The van der Waals surface area contributed by atoms with Crippen LogP contribution in [0.4, 0.5) is 4.79 Å². The van der Waals surface area contributed by atoms with Gasteiger partial charge in [0, 0.05) is 12.8 Å². The second kappa shape index (κ2) is 17.9. The van der Waals surface area contributed by atoms with Crippen LogP contribution in [0.25, 0.3) is 0 Å². The minimum absolute atomic E-state index is 0.0430. The molecule has 0 fully saturated rings. The summed E-state index contributed by atoms with van der Waals surface area (Å²) in [5.74, 6) is -1.86. The first-order chi connectivity index (χ1) is 21.2. The van der Waals surface area contributed by atoms with Gasteiger partial charge in [0.15, 0.2) is 0 Å². The van der Waals surface area contributed by atoms with Crippen molar-refractivity contribution < 1.29 is 38.6 Å². The number of alkyl carbamates (subject to hydrolysis) is 1. The summed E-state index contributed by atoms with van der Waals surface area (Å²) in [5, 5.41) is 20.2. The molecule has 2 rings (SSSR count). The Bertz CT molecular complexity index is 1280. The van der Waals surface area contributed by atoms with Gasteiger partial charge < -0.3 is 35.8 Å². The number of amides is 4. The van der Waals surface area contributed by atoms with Crippen LogP contribution < -0.4 is 21.3 Å². The van der Waals surface area contributed by atoms with Crippen molar-refractivity contribution in [3.63, 3.8) is 0 Å². The molecule has 0 saturated heterocycles. The summed E-state index contributed by atoms with van der Waals surface area (Å²) in [6.45, 7) is 6.51. The van der Waals surface area contributed by atoms with Gasteiger partial charge in [0.25, 0.3) is 0 Å². The SMILES string of the molecule is COC(=O)[C@H](CCSC)NC(=O)[C@H](Cc1ccccc1)NC(=O)[C@@H](C)NC(=O)[C@H](Cc1ccc(O)cc1)NC(=O)OC(C)(C)C. The molecule has 0 aliphatic rings. The number of rotatable bonds is 15. The van der Waals surface area contributed by atoms with E-state index in [1.165, 1.54) is 37.9 Å². The lowest BCUT2D eigenvalue weighted by atomic mass is 10.0. The van der Waals surface area contributed by atoms with E-state index in [0.717, 1.165) is 5.56 Å². The van der Waals surface area contributed by atoms with E-state index in [2.05, 4.69) is 21.3 Å². The van der Waals surface area contributed by atoms with Crippen LogP contribution in [0.2, 0.25) is 0 Å². The lowest BCUT2D eigenvalue weighted by molar-refractivity contribution is -0.145. The minimum atomic E-state index is -1.12. The Hall–Kier alpha value is -4.26. The fourth-order valence-corrected chi connectivity index (χ4v) is 4.63. The molecule has 2 aromatic rings.